The average Bonchev–Trinajstić information content (AvgIpc) is 2.92. The molecule has 2 amide bonds. The SMILES string of the molecule is COc1cc2nc(-c3ccc(F)c(Cl)c3)nc(NC(=O)[C@@H](N)CC(N)=O)c2cc1OCCCN1CCOCC1. The van der Waals surface area contributed by atoms with Gasteiger partial charge in [0.1, 0.15) is 11.6 Å². The molecule has 0 unspecified atom stereocenters. The van der Waals surface area contributed by atoms with Crippen LogP contribution in [0, 0.1) is 5.82 Å². The topological polar surface area (TPSA) is 155 Å². The largest absolute Gasteiger partial charge is 0.493 e. The third kappa shape index (κ3) is 7.30. The normalized spacial score (nSPS) is 14.7. The van der Waals surface area contributed by atoms with Gasteiger partial charge in [0, 0.05) is 36.7 Å². The molecule has 5 N–H and O–H groups in total. The number of halogens is 2. The van der Waals surface area contributed by atoms with Crippen LogP contribution in [0.1, 0.15) is 12.8 Å². The number of carbonyl (C=O) groups is 2. The maximum Gasteiger partial charge on any atom is 0.242 e. The molecule has 0 saturated carbocycles. The van der Waals surface area contributed by atoms with Gasteiger partial charge in [-0.05, 0) is 30.7 Å². The van der Waals surface area contributed by atoms with E-state index in [2.05, 4.69) is 20.2 Å². The molecule has 0 radical (unpaired) electrons. The fraction of sp³-hybridized carbons (Fsp3) is 0.385. The lowest BCUT2D eigenvalue weighted by molar-refractivity contribution is -0.123. The van der Waals surface area contributed by atoms with E-state index in [0.717, 1.165) is 39.3 Å². The summed E-state index contributed by atoms with van der Waals surface area (Å²) in [4.78, 5) is 35.4. The maximum atomic E-state index is 13.8. The Labute approximate surface area is 229 Å². The molecule has 0 spiro atoms. The molecule has 1 fully saturated rings. The van der Waals surface area contributed by atoms with Gasteiger partial charge in [-0.3, -0.25) is 14.5 Å². The molecule has 0 aliphatic carbocycles. The van der Waals surface area contributed by atoms with E-state index in [-0.39, 0.29) is 23.1 Å². The minimum absolute atomic E-state index is 0.108. The predicted octanol–water partition coefficient (Wildman–Crippen LogP) is 2.34. The molecule has 2 heterocycles. The molecule has 2 aromatic carbocycles. The number of anilines is 1. The number of hydrogen-bond donors (Lipinski definition) is 3. The number of morpholine rings is 1. The van der Waals surface area contributed by atoms with Crippen LogP contribution in [0.5, 0.6) is 11.5 Å². The number of rotatable bonds is 11. The van der Waals surface area contributed by atoms with Crippen molar-refractivity contribution in [1.29, 1.82) is 0 Å². The number of methoxy groups -OCH3 is 1. The zero-order chi connectivity index (χ0) is 27.9. The summed E-state index contributed by atoms with van der Waals surface area (Å²) in [6.45, 7) is 4.52. The fourth-order valence-electron chi connectivity index (χ4n) is 4.08. The summed E-state index contributed by atoms with van der Waals surface area (Å²) < 4.78 is 30.7. The lowest BCUT2D eigenvalue weighted by Crippen LogP contribution is -2.39. The van der Waals surface area contributed by atoms with E-state index >= 15 is 0 Å². The Bertz CT molecular complexity index is 1350. The molecular weight excluding hydrogens is 531 g/mol. The van der Waals surface area contributed by atoms with E-state index in [9.17, 15) is 14.0 Å². The van der Waals surface area contributed by atoms with Crippen LogP contribution in [0.2, 0.25) is 5.02 Å². The van der Waals surface area contributed by atoms with E-state index in [1.165, 1.54) is 25.3 Å². The van der Waals surface area contributed by atoms with E-state index < -0.39 is 23.7 Å². The highest BCUT2D eigenvalue weighted by Gasteiger charge is 2.21. The molecule has 208 valence electrons. The van der Waals surface area contributed by atoms with Gasteiger partial charge in [0.05, 0.1) is 49.9 Å². The number of nitrogens with two attached hydrogens (primary N) is 2. The van der Waals surface area contributed by atoms with Crippen LogP contribution in [0.15, 0.2) is 30.3 Å². The van der Waals surface area contributed by atoms with Gasteiger partial charge in [0.25, 0.3) is 0 Å². The average molecular weight is 561 g/mol. The zero-order valence-corrected chi connectivity index (χ0v) is 22.2. The summed E-state index contributed by atoms with van der Waals surface area (Å²) in [5, 5.41) is 2.99. The van der Waals surface area contributed by atoms with E-state index in [4.69, 9.17) is 37.3 Å². The molecule has 1 aliphatic heterocycles. The van der Waals surface area contributed by atoms with Gasteiger partial charge >= 0.3 is 0 Å². The van der Waals surface area contributed by atoms with E-state index in [1.54, 1.807) is 12.1 Å². The first-order valence-electron chi connectivity index (χ1n) is 12.4. The van der Waals surface area contributed by atoms with Crippen LogP contribution in [0.25, 0.3) is 22.3 Å². The summed E-state index contributed by atoms with van der Waals surface area (Å²) in [6.07, 6.45) is 0.439. The highest BCUT2D eigenvalue weighted by atomic mass is 35.5. The van der Waals surface area contributed by atoms with Gasteiger partial charge in [-0.15, -0.1) is 0 Å². The van der Waals surface area contributed by atoms with Crippen LogP contribution in [0.4, 0.5) is 10.2 Å². The van der Waals surface area contributed by atoms with Crippen molar-refractivity contribution in [1.82, 2.24) is 14.9 Å². The molecule has 39 heavy (non-hydrogen) atoms. The second-order valence-electron chi connectivity index (χ2n) is 8.97. The van der Waals surface area contributed by atoms with Crippen molar-refractivity contribution < 1.29 is 28.2 Å². The summed E-state index contributed by atoms with van der Waals surface area (Å²) in [7, 11) is 1.51. The zero-order valence-electron chi connectivity index (χ0n) is 21.4. The quantitative estimate of drug-likeness (QED) is 0.300. The molecule has 1 aliphatic rings. The molecule has 0 bridgehead atoms. The number of primary amides is 1. The van der Waals surface area contributed by atoms with Gasteiger partial charge in [-0.2, -0.15) is 0 Å². The monoisotopic (exact) mass is 560 g/mol. The van der Waals surface area contributed by atoms with Gasteiger partial charge < -0.3 is 31.0 Å². The lowest BCUT2D eigenvalue weighted by atomic mass is 10.1. The van der Waals surface area contributed by atoms with E-state index in [0.29, 0.717) is 34.6 Å². The fourth-order valence-corrected chi connectivity index (χ4v) is 4.26. The number of nitrogens with zero attached hydrogens (tertiary/aromatic N) is 3. The van der Waals surface area contributed by atoms with Crippen molar-refractivity contribution in [2.45, 2.75) is 18.9 Å². The summed E-state index contributed by atoms with van der Waals surface area (Å²) in [5.41, 5.74) is 11.9. The van der Waals surface area contributed by atoms with Crippen molar-refractivity contribution in [2.75, 3.05) is 51.9 Å². The number of carbonyl (C=O) groups excluding carboxylic acids is 2. The highest BCUT2D eigenvalue weighted by Crippen LogP contribution is 2.36. The molecule has 4 rings (SSSR count). The third-order valence-electron chi connectivity index (χ3n) is 6.14. The van der Waals surface area contributed by atoms with Crippen molar-refractivity contribution >= 4 is 40.1 Å². The first-order chi connectivity index (χ1) is 18.7. The molecule has 1 atom stereocenters. The van der Waals surface area contributed by atoms with Crippen molar-refractivity contribution in [2.24, 2.45) is 11.5 Å². The minimum atomic E-state index is -1.19. The smallest absolute Gasteiger partial charge is 0.242 e. The first kappa shape index (κ1) is 28.4. The molecule has 11 nitrogen and oxygen atoms in total. The van der Waals surface area contributed by atoms with Crippen molar-refractivity contribution in [3.8, 4) is 22.9 Å². The summed E-state index contributed by atoms with van der Waals surface area (Å²) >= 11 is 5.97. The van der Waals surface area contributed by atoms with Gasteiger partial charge in [-0.1, -0.05) is 11.6 Å². The minimum Gasteiger partial charge on any atom is -0.493 e. The molecule has 1 saturated heterocycles. The second kappa shape index (κ2) is 13.0. The predicted molar refractivity (Wildman–Crippen MR) is 144 cm³/mol. The van der Waals surface area contributed by atoms with Crippen LogP contribution in [-0.2, 0) is 14.3 Å². The Morgan fingerprint density at radius 3 is 2.67 bits per heavy atom. The highest BCUT2D eigenvalue weighted by molar-refractivity contribution is 6.31. The number of hydrogen-bond acceptors (Lipinski definition) is 9. The van der Waals surface area contributed by atoms with Crippen LogP contribution < -0.4 is 26.3 Å². The summed E-state index contributed by atoms with van der Waals surface area (Å²) in [5.74, 6) is -0.830. The maximum absolute atomic E-state index is 13.8. The van der Waals surface area contributed by atoms with Gasteiger partial charge in [-0.25, -0.2) is 14.4 Å². The van der Waals surface area contributed by atoms with Gasteiger partial charge in [0.15, 0.2) is 17.3 Å². The number of fused-ring (bicyclic) bond motifs is 1. The number of nitrogens with one attached hydrogen (secondary N) is 1. The van der Waals surface area contributed by atoms with Crippen molar-refractivity contribution in [3.05, 3.63) is 41.2 Å². The van der Waals surface area contributed by atoms with Gasteiger partial charge in [0.2, 0.25) is 11.8 Å². The molecular formula is C26H30ClFN6O5. The first-order valence-corrected chi connectivity index (χ1v) is 12.8. The lowest BCUT2D eigenvalue weighted by Gasteiger charge is -2.26. The second-order valence-corrected chi connectivity index (χ2v) is 9.37. The number of aromatic nitrogens is 2. The Kier molecular flexibility index (Phi) is 9.46. The number of benzene rings is 2. The van der Waals surface area contributed by atoms with Crippen molar-refractivity contribution in [3.63, 3.8) is 0 Å². The van der Waals surface area contributed by atoms with E-state index in [1.807, 2.05) is 0 Å². The Balaban J connectivity index is 1.66. The van der Waals surface area contributed by atoms with Crippen LogP contribution in [0.3, 0.4) is 0 Å². The third-order valence-corrected chi connectivity index (χ3v) is 6.43. The van der Waals surface area contributed by atoms with Crippen LogP contribution in [-0.4, -0.2) is 79.3 Å². The Morgan fingerprint density at radius 2 is 1.97 bits per heavy atom. The van der Waals surface area contributed by atoms with Crippen LogP contribution >= 0.6 is 11.6 Å². The number of ether oxygens (including phenoxy) is 3. The Hall–Kier alpha value is -3.58. The summed E-state index contributed by atoms with van der Waals surface area (Å²) in [6, 6.07) is 6.18. The molecule has 3 aromatic rings. The number of amides is 2. The molecule has 1 aromatic heterocycles. The molecule has 13 heteroatoms. The standard InChI is InChI=1S/C26H30ClFN6O5/c1-37-21-14-20-16(12-22(21)39-8-2-5-34-6-9-38-10-7-34)25(33-26(36)19(29)13-23(30)35)32-24(31-20)15-3-4-18(28)17(27)11-15/h3-4,11-12,14,19H,2,5-10,13,29H2,1H3,(H2,30,35)(H,31,32,33,36)/t19-/m0/s1. The Morgan fingerprint density at radius 1 is 1.21 bits per heavy atom.